The van der Waals surface area contributed by atoms with Gasteiger partial charge in [-0.3, -0.25) is 0 Å². The van der Waals surface area contributed by atoms with Gasteiger partial charge in [-0.1, -0.05) is 6.47 Å². The average Bonchev–Trinajstić information content (AvgIpc) is 2.20. The molecule has 0 aliphatic rings. The zero-order valence-corrected chi connectivity index (χ0v) is 9.10. The van der Waals surface area contributed by atoms with Gasteiger partial charge in [-0.05, 0) is 6.07 Å². The van der Waals surface area contributed by atoms with Crippen molar-refractivity contribution < 1.29 is 42.3 Å². The van der Waals surface area contributed by atoms with Crippen LogP contribution in [0.2, 0.25) is 0 Å². The fourth-order valence-corrected chi connectivity index (χ4v) is 0.226. The summed E-state index contributed by atoms with van der Waals surface area (Å²) in [5.41, 5.74) is 0. The van der Waals surface area contributed by atoms with E-state index in [1.54, 1.807) is 0 Å². The van der Waals surface area contributed by atoms with E-state index in [1.807, 2.05) is 0 Å². The van der Waals surface area contributed by atoms with Crippen LogP contribution in [0.4, 0.5) is 0 Å². The molecule has 0 aliphatic heterocycles. The topological polar surface area (TPSA) is 84.5 Å². The minimum absolute atomic E-state index is 0. The molecule has 6 heteroatoms. The monoisotopic (exact) mass is 242 g/mol. The van der Waals surface area contributed by atoms with Gasteiger partial charge in [0.15, 0.2) is 0 Å². The molecule has 1 aromatic heterocycles. The Hall–Kier alpha value is -0.598. The SMILES string of the molecule is O=[C-]O.Oc1ccn[n-]1.[Cd+2]. The first-order chi connectivity index (χ1) is 4.31. The van der Waals surface area contributed by atoms with Crippen molar-refractivity contribution in [2.24, 2.45) is 0 Å². The third-order valence-electron chi connectivity index (χ3n) is 0.450. The maximum Gasteiger partial charge on any atom is 2.00 e. The molecule has 0 atom stereocenters. The molecule has 0 amide bonds. The minimum Gasteiger partial charge on any atom is -0.665 e. The van der Waals surface area contributed by atoms with Gasteiger partial charge in [-0.2, -0.15) is 0 Å². The van der Waals surface area contributed by atoms with Crippen LogP contribution < -0.4 is 5.10 Å². The summed E-state index contributed by atoms with van der Waals surface area (Å²) in [5.74, 6) is -0.0185. The molecular formula is C4H4CdN2O3. The fraction of sp³-hybridized carbons (Fsp3) is 0. The Morgan fingerprint density at radius 1 is 1.70 bits per heavy atom. The number of nitrogens with zero attached hydrogens (tertiary/aromatic N) is 2. The number of hydrogen-bond acceptors (Lipinski definition) is 3. The van der Waals surface area contributed by atoms with Gasteiger partial charge in [-0.15, -0.1) is 0 Å². The van der Waals surface area contributed by atoms with E-state index in [0.29, 0.717) is 6.47 Å². The number of aliphatic hydroxyl groups excluding tert-OH is 1. The van der Waals surface area contributed by atoms with Crippen molar-refractivity contribution in [2.45, 2.75) is 0 Å². The van der Waals surface area contributed by atoms with E-state index in [0.717, 1.165) is 0 Å². The Morgan fingerprint density at radius 3 is 2.30 bits per heavy atom. The molecule has 0 saturated carbocycles. The first kappa shape index (κ1) is 12.1. The molecular weight excluding hydrogens is 236 g/mol. The van der Waals surface area contributed by atoms with Crippen molar-refractivity contribution in [1.29, 1.82) is 0 Å². The normalized spacial score (nSPS) is 6.40. The van der Waals surface area contributed by atoms with Crippen molar-refractivity contribution in [1.82, 2.24) is 10.2 Å². The summed E-state index contributed by atoms with van der Waals surface area (Å²) in [6, 6.07) is 1.42. The van der Waals surface area contributed by atoms with E-state index in [2.05, 4.69) is 10.2 Å². The fourth-order valence-electron chi connectivity index (χ4n) is 0.226. The number of aromatic nitrogens is 2. The molecule has 0 saturated heterocycles. The second-order valence-corrected chi connectivity index (χ2v) is 0.981. The second-order valence-electron chi connectivity index (χ2n) is 0.981. The van der Waals surface area contributed by atoms with Crippen molar-refractivity contribution in [3.63, 3.8) is 0 Å². The minimum atomic E-state index is -0.0185. The van der Waals surface area contributed by atoms with Gasteiger partial charge in [0, 0.05) is 12.1 Å². The Bertz CT molecular complexity index is 154. The molecule has 1 aromatic rings. The zero-order valence-electron chi connectivity index (χ0n) is 5.06. The summed E-state index contributed by atoms with van der Waals surface area (Å²) in [6.45, 7) is 0.500. The third kappa shape index (κ3) is 7.40. The van der Waals surface area contributed by atoms with Crippen LogP contribution in [-0.4, -0.2) is 21.8 Å². The van der Waals surface area contributed by atoms with Gasteiger partial charge in [0.25, 0.3) is 0 Å². The quantitative estimate of drug-likeness (QED) is 0.465. The van der Waals surface area contributed by atoms with Crippen LogP contribution >= 0.6 is 0 Å². The van der Waals surface area contributed by atoms with Crippen LogP contribution in [0.25, 0.3) is 0 Å². The molecule has 0 aliphatic carbocycles. The number of aromatic hydroxyl groups is 1. The zero-order chi connectivity index (χ0) is 7.11. The summed E-state index contributed by atoms with van der Waals surface area (Å²) in [6.07, 6.45) is 1.43. The van der Waals surface area contributed by atoms with Crippen LogP contribution in [-0.2, 0) is 32.1 Å². The van der Waals surface area contributed by atoms with Crippen LogP contribution in [0.3, 0.4) is 0 Å². The number of hydrogen-bond donors (Lipinski definition) is 2. The first-order valence-electron chi connectivity index (χ1n) is 1.96. The molecule has 10 heavy (non-hydrogen) atoms. The van der Waals surface area contributed by atoms with Crippen LogP contribution in [0.5, 0.6) is 5.88 Å². The van der Waals surface area contributed by atoms with Gasteiger partial charge < -0.3 is 25.2 Å². The van der Waals surface area contributed by atoms with Gasteiger partial charge >= 0.3 is 27.3 Å². The van der Waals surface area contributed by atoms with Crippen LogP contribution in [0.15, 0.2) is 12.3 Å². The molecule has 0 aromatic carbocycles. The summed E-state index contributed by atoms with van der Waals surface area (Å²) < 4.78 is 0. The van der Waals surface area contributed by atoms with E-state index in [1.165, 1.54) is 12.3 Å². The van der Waals surface area contributed by atoms with E-state index < -0.39 is 0 Å². The van der Waals surface area contributed by atoms with E-state index >= 15 is 0 Å². The molecule has 5 nitrogen and oxygen atoms in total. The first-order valence-corrected chi connectivity index (χ1v) is 1.96. The molecule has 1 heterocycles. The molecule has 0 unspecified atom stereocenters. The molecule has 0 bridgehead atoms. The Kier molecular flexibility index (Phi) is 10.2. The molecule has 0 fully saturated rings. The van der Waals surface area contributed by atoms with Gasteiger partial charge in [0.05, 0.1) is 0 Å². The smallest absolute Gasteiger partial charge is 0.665 e. The molecule has 1 rings (SSSR count). The molecule has 50 valence electrons. The van der Waals surface area contributed by atoms with E-state index in [-0.39, 0.29) is 33.2 Å². The largest absolute Gasteiger partial charge is 2.00 e. The molecule has 2 N–H and O–H groups in total. The molecule has 0 radical (unpaired) electrons. The van der Waals surface area contributed by atoms with Gasteiger partial charge in [0.2, 0.25) is 0 Å². The summed E-state index contributed by atoms with van der Waals surface area (Å²) >= 11 is 0. The van der Waals surface area contributed by atoms with Crippen molar-refractivity contribution in [3.05, 3.63) is 12.3 Å². The summed E-state index contributed by atoms with van der Waals surface area (Å²) in [5, 5.41) is 21.6. The standard InChI is InChI=1S/C3H3N2O.CHO2.Cd/c6-3-1-2-4-5-3;2-1-3;/h1-2H,(H-,4,5,6);(H,2,3);/q2*-1;+2. The second kappa shape index (κ2) is 8.40. The predicted molar refractivity (Wildman–Crippen MR) is 27.5 cm³/mol. The summed E-state index contributed by atoms with van der Waals surface area (Å²) in [7, 11) is 0. The number of rotatable bonds is 0. The van der Waals surface area contributed by atoms with E-state index in [4.69, 9.17) is 15.0 Å². The Labute approximate surface area is 77.2 Å². The van der Waals surface area contributed by atoms with E-state index in [9.17, 15) is 0 Å². The average molecular weight is 240 g/mol. The maximum atomic E-state index is 8.30. The predicted octanol–water partition coefficient (Wildman–Crippen LogP) is -0.647. The Balaban J connectivity index is 0. The van der Waals surface area contributed by atoms with Crippen molar-refractivity contribution in [3.8, 4) is 5.88 Å². The van der Waals surface area contributed by atoms with Crippen LogP contribution in [0.1, 0.15) is 0 Å². The Morgan fingerprint density at radius 2 is 2.20 bits per heavy atom. The van der Waals surface area contributed by atoms with Gasteiger partial charge in [0.1, 0.15) is 0 Å². The van der Waals surface area contributed by atoms with Crippen molar-refractivity contribution in [2.75, 3.05) is 0 Å². The molecule has 0 spiro atoms. The van der Waals surface area contributed by atoms with Crippen LogP contribution in [0, 0.1) is 0 Å². The maximum absolute atomic E-state index is 8.30. The van der Waals surface area contributed by atoms with Crippen molar-refractivity contribution >= 4 is 6.47 Å². The van der Waals surface area contributed by atoms with Gasteiger partial charge in [-0.25, -0.2) is 0 Å². The third-order valence-corrected chi connectivity index (χ3v) is 0.450. The summed E-state index contributed by atoms with van der Waals surface area (Å²) in [4.78, 5) is 8.24.